The number of hydrogen-bond acceptors (Lipinski definition) is 5. The van der Waals surface area contributed by atoms with Crippen molar-refractivity contribution < 1.29 is 48.9 Å². The number of halogens is 6. The van der Waals surface area contributed by atoms with Crippen LogP contribution in [0.2, 0.25) is 0 Å². The smallest absolute Gasteiger partial charge is 1.00 e. The first-order valence-corrected chi connectivity index (χ1v) is 19.6. The van der Waals surface area contributed by atoms with Crippen molar-refractivity contribution in [2.45, 2.75) is 64.9 Å². The zero-order chi connectivity index (χ0) is 36.3. The van der Waals surface area contributed by atoms with Crippen LogP contribution in [0.3, 0.4) is 0 Å². The first kappa shape index (κ1) is 41.9. The number of anilines is 1. The van der Waals surface area contributed by atoms with E-state index in [2.05, 4.69) is 81.0 Å². The van der Waals surface area contributed by atoms with Gasteiger partial charge in [0.05, 0.1) is 22.1 Å². The van der Waals surface area contributed by atoms with Crippen LogP contribution in [0.1, 0.15) is 58.5 Å². The maximum absolute atomic E-state index is 11.5. The van der Waals surface area contributed by atoms with Gasteiger partial charge in [-0.05, 0) is 88.1 Å². The molecule has 7 rings (SSSR count). The SMILES string of the molecule is CC(C)c1ccc2cc(C(C)C)ccc2c1.COC(=O)NS(=O)(=O)c1ccc(N)cc1.ClC1=C(Cl)[C@]2(Cl)[C@H]3[C@H]([C@@H]4C=C[C@H]3C4)[C@@]1(Cl)C2(Cl)Cl.[H-].[Na+]. The molecule has 14 heteroatoms. The van der Waals surface area contributed by atoms with Crippen molar-refractivity contribution in [1.82, 2.24) is 4.72 Å². The van der Waals surface area contributed by atoms with Gasteiger partial charge >= 0.3 is 35.7 Å². The van der Waals surface area contributed by atoms with Gasteiger partial charge in [-0.15, -0.1) is 23.2 Å². The molecule has 0 saturated heterocycles. The van der Waals surface area contributed by atoms with E-state index < -0.39 is 30.2 Å². The molecule has 0 radical (unpaired) electrons. The molecule has 3 N–H and O–H groups in total. The van der Waals surface area contributed by atoms with E-state index >= 15 is 0 Å². The molecule has 2 saturated carbocycles. The number of rotatable bonds is 4. The second-order valence-electron chi connectivity index (χ2n) is 13.5. The molecular formula is C36H39Cl6N2NaO4S. The van der Waals surface area contributed by atoms with Crippen molar-refractivity contribution in [2.24, 2.45) is 23.7 Å². The molecule has 3 aromatic carbocycles. The van der Waals surface area contributed by atoms with Crippen molar-refractivity contribution >= 4 is 102 Å². The van der Waals surface area contributed by atoms with Gasteiger partial charge in [-0.3, -0.25) is 0 Å². The average Bonchev–Trinajstić information content (AvgIpc) is 3.74. The van der Waals surface area contributed by atoms with Crippen LogP contribution in [0, 0.1) is 23.7 Å². The second kappa shape index (κ2) is 15.5. The topological polar surface area (TPSA) is 98.5 Å². The van der Waals surface area contributed by atoms with Crippen molar-refractivity contribution in [3.05, 3.63) is 94.0 Å². The Labute approximate surface area is 348 Å². The number of ether oxygens (including phenoxy) is 1. The van der Waals surface area contributed by atoms with Gasteiger partial charge in [0.1, 0.15) is 9.75 Å². The molecule has 0 unspecified atom stereocenters. The molecule has 6 atom stereocenters. The van der Waals surface area contributed by atoms with E-state index in [1.165, 1.54) is 46.2 Å². The number of alkyl halides is 4. The Morgan fingerprint density at radius 1 is 0.820 bits per heavy atom. The van der Waals surface area contributed by atoms with Gasteiger partial charge in [0, 0.05) is 5.69 Å². The summed E-state index contributed by atoms with van der Waals surface area (Å²) in [5, 5.41) is 3.37. The van der Waals surface area contributed by atoms with Gasteiger partial charge in [-0.1, -0.05) is 123 Å². The number of nitrogen functional groups attached to an aromatic ring is 1. The molecule has 4 aliphatic carbocycles. The van der Waals surface area contributed by atoms with Crippen molar-refractivity contribution in [2.75, 3.05) is 12.8 Å². The Kier molecular flexibility index (Phi) is 13.0. The van der Waals surface area contributed by atoms with Crippen molar-refractivity contribution in [3.63, 3.8) is 0 Å². The van der Waals surface area contributed by atoms with E-state index in [1.54, 1.807) is 4.72 Å². The summed E-state index contributed by atoms with van der Waals surface area (Å²) in [5.41, 5.74) is 8.67. The summed E-state index contributed by atoms with van der Waals surface area (Å²) < 4.78 is 27.4. The van der Waals surface area contributed by atoms with Gasteiger partial charge < -0.3 is 11.9 Å². The summed E-state index contributed by atoms with van der Waals surface area (Å²) in [5.74, 6) is 2.03. The summed E-state index contributed by atoms with van der Waals surface area (Å²) in [6.45, 7) is 8.96. The number of amides is 1. The fourth-order valence-corrected chi connectivity index (χ4v) is 11.4. The third kappa shape index (κ3) is 7.08. The maximum atomic E-state index is 11.5. The maximum Gasteiger partial charge on any atom is 1.00 e. The average molecular weight is 831 g/mol. The number of hydrogen-bond donors (Lipinski definition) is 2. The Balaban J connectivity index is 0.000000204. The molecule has 0 aromatic heterocycles. The number of nitrogens with one attached hydrogen (secondary N) is 1. The molecule has 0 heterocycles. The van der Waals surface area contributed by atoms with E-state index in [4.69, 9.17) is 75.3 Å². The molecule has 266 valence electrons. The van der Waals surface area contributed by atoms with E-state index in [9.17, 15) is 13.2 Å². The van der Waals surface area contributed by atoms with Gasteiger partial charge in [-0.2, -0.15) is 0 Å². The van der Waals surface area contributed by atoms with Crippen LogP contribution in [0.15, 0.2) is 87.8 Å². The summed E-state index contributed by atoms with van der Waals surface area (Å²) in [7, 11) is -2.79. The molecular weight excluding hydrogens is 792 g/mol. The van der Waals surface area contributed by atoms with Crippen molar-refractivity contribution in [1.29, 1.82) is 0 Å². The summed E-state index contributed by atoms with van der Waals surface area (Å²) in [4.78, 5) is 8.55. The van der Waals surface area contributed by atoms with E-state index in [0.29, 0.717) is 39.4 Å². The first-order valence-electron chi connectivity index (χ1n) is 15.8. The number of carbonyl (C=O) groups excluding carboxylic acids is 1. The van der Waals surface area contributed by atoms with Crippen LogP contribution in [-0.2, 0) is 14.8 Å². The van der Waals surface area contributed by atoms with E-state index in [0.717, 1.165) is 13.5 Å². The van der Waals surface area contributed by atoms with Crippen LogP contribution in [-0.4, -0.2) is 35.7 Å². The number of fused-ring (bicyclic) bond motifs is 10. The molecule has 0 aliphatic heterocycles. The Morgan fingerprint density at radius 3 is 1.62 bits per heavy atom. The molecule has 2 fully saturated rings. The van der Waals surface area contributed by atoms with E-state index in [-0.39, 0.29) is 47.7 Å². The third-order valence-electron chi connectivity index (χ3n) is 9.94. The fraction of sp³-hybridized carbons (Fsp3) is 0.417. The fourth-order valence-electron chi connectivity index (χ4n) is 7.34. The standard InChI is InChI=1S/C16H20.C12H8Cl6.C8H10N2O4S.Na.H/c1-11(2)13-5-7-16-10-14(12(3)4)6-8-15(16)9-13;13-8-9(14)11(16)7-5-2-1-4(3-5)6(7)10(8,15)12(11,17)18;1-14-8(11)10-15(12,13)7-4-2-6(9)3-5-7;;/h5-12H,1-4H3;1-2,4-7H,3H2;2-5H,9H2,1H3,(H,10,11);;/q;;;+1;-1/t;4-,5+,6+,7-,10+,11-;;;. The van der Waals surface area contributed by atoms with Gasteiger partial charge in [-0.25, -0.2) is 17.9 Å². The van der Waals surface area contributed by atoms with Crippen LogP contribution in [0.25, 0.3) is 10.8 Å². The minimum Gasteiger partial charge on any atom is -1.00 e. The summed E-state index contributed by atoms with van der Waals surface area (Å²) in [6, 6.07) is 19.0. The van der Waals surface area contributed by atoms with Gasteiger partial charge in [0.15, 0.2) is 4.33 Å². The number of allylic oxidation sites excluding steroid dienone is 4. The molecule has 4 bridgehead atoms. The van der Waals surface area contributed by atoms with Crippen LogP contribution >= 0.6 is 69.6 Å². The Morgan fingerprint density at radius 2 is 1.24 bits per heavy atom. The number of benzene rings is 3. The number of methoxy groups -OCH3 is 1. The normalized spacial score (nSPS) is 28.1. The van der Waals surface area contributed by atoms with Gasteiger partial charge in [0.2, 0.25) is 0 Å². The Hall–Kier alpha value is -0.840. The van der Waals surface area contributed by atoms with Gasteiger partial charge in [0.25, 0.3) is 10.0 Å². The van der Waals surface area contributed by atoms with Crippen LogP contribution in [0.5, 0.6) is 0 Å². The molecule has 50 heavy (non-hydrogen) atoms. The molecule has 1 amide bonds. The number of carbonyl (C=O) groups is 1. The van der Waals surface area contributed by atoms with Crippen LogP contribution in [0.4, 0.5) is 10.5 Å². The summed E-state index contributed by atoms with van der Waals surface area (Å²) >= 11 is 39.2. The summed E-state index contributed by atoms with van der Waals surface area (Å²) in [6.07, 6.45) is 4.36. The monoisotopic (exact) mass is 828 g/mol. The second-order valence-corrected chi connectivity index (χ2v) is 18.4. The third-order valence-corrected chi connectivity index (χ3v) is 15.6. The molecule has 6 nitrogen and oxygen atoms in total. The number of sulfonamides is 1. The minimum atomic E-state index is -3.87. The zero-order valence-corrected chi connectivity index (χ0v) is 35.8. The predicted octanol–water partition coefficient (Wildman–Crippen LogP) is 7.79. The van der Waals surface area contributed by atoms with Crippen LogP contribution < -0.4 is 40.0 Å². The quantitative estimate of drug-likeness (QED) is 0.0921. The first-order chi connectivity index (χ1) is 22.8. The minimum absolute atomic E-state index is 0. The zero-order valence-electron chi connectivity index (χ0n) is 29.5. The molecule has 0 spiro atoms. The van der Waals surface area contributed by atoms with E-state index in [1.807, 2.05) is 0 Å². The Bertz CT molecular complexity index is 1860. The van der Waals surface area contributed by atoms with Crippen molar-refractivity contribution in [3.8, 4) is 0 Å². The number of nitrogens with two attached hydrogens (primary N) is 1. The largest absolute Gasteiger partial charge is 1.00 e. The molecule has 4 aliphatic rings. The predicted molar refractivity (Wildman–Crippen MR) is 205 cm³/mol. The molecule has 3 aromatic rings.